The Balaban J connectivity index is 1.80. The fraction of sp³-hybridized carbons (Fsp3) is 0.357. The maximum Gasteiger partial charge on any atom is 0.236 e. The van der Waals surface area contributed by atoms with Crippen LogP contribution in [0, 0.1) is 0 Å². The molecule has 0 saturated carbocycles. The van der Waals surface area contributed by atoms with Gasteiger partial charge < -0.3 is 0 Å². The molecule has 2 aromatic rings. The Morgan fingerprint density at radius 3 is 2.65 bits per heavy atom. The van der Waals surface area contributed by atoms with Gasteiger partial charge in [0.15, 0.2) is 4.34 Å². The number of thioether (sulfide) groups is 2. The van der Waals surface area contributed by atoms with E-state index in [0.29, 0.717) is 31.9 Å². The summed E-state index contributed by atoms with van der Waals surface area (Å²) in [7, 11) is 0. The summed E-state index contributed by atoms with van der Waals surface area (Å²) in [5.41, 5.74) is 0.847. The number of aromatic nitrogens is 2. The molecule has 0 fully saturated rings. The van der Waals surface area contributed by atoms with E-state index in [0.717, 1.165) is 9.90 Å². The van der Waals surface area contributed by atoms with Crippen LogP contribution in [0.5, 0.6) is 0 Å². The lowest BCUT2D eigenvalue weighted by Crippen LogP contribution is -2.14. The van der Waals surface area contributed by atoms with E-state index in [1.807, 2.05) is 0 Å². The zero-order valence-electron chi connectivity index (χ0n) is 12.5. The number of hydrogen-bond donors (Lipinski definition) is 1. The first-order valence-corrected chi connectivity index (χ1v) is 10.4. The number of benzene rings is 1. The van der Waals surface area contributed by atoms with Crippen molar-refractivity contribution in [3.05, 3.63) is 33.8 Å². The fourth-order valence-corrected chi connectivity index (χ4v) is 5.14. The average Bonchev–Trinajstić information content (AvgIpc) is 2.88. The Morgan fingerprint density at radius 1 is 1.30 bits per heavy atom. The SMILES string of the molecule is CC(C)Sc1nnc(NC(=O)CSCc2c(Cl)cccc2Cl)s1. The normalized spacial score (nSPS) is 11.0. The largest absolute Gasteiger partial charge is 0.300 e. The minimum absolute atomic E-state index is 0.115. The zero-order valence-corrected chi connectivity index (χ0v) is 16.5. The first-order valence-electron chi connectivity index (χ1n) is 6.76. The van der Waals surface area contributed by atoms with Crippen molar-refractivity contribution < 1.29 is 4.79 Å². The Bertz CT molecular complexity index is 659. The maximum atomic E-state index is 11.9. The number of carbonyl (C=O) groups excluding carboxylic acids is 1. The molecule has 1 aromatic carbocycles. The quantitative estimate of drug-likeness (QED) is 0.503. The van der Waals surface area contributed by atoms with Crippen LogP contribution in [0.3, 0.4) is 0 Å². The molecule has 124 valence electrons. The second kappa shape index (κ2) is 9.13. The van der Waals surface area contributed by atoms with Gasteiger partial charge in [-0.25, -0.2) is 0 Å². The highest BCUT2D eigenvalue weighted by Crippen LogP contribution is 2.29. The summed E-state index contributed by atoms with van der Waals surface area (Å²) < 4.78 is 0.853. The van der Waals surface area contributed by atoms with Crippen LogP contribution in [0.2, 0.25) is 10.0 Å². The molecule has 9 heteroatoms. The Labute approximate surface area is 157 Å². The predicted molar refractivity (Wildman–Crippen MR) is 102 cm³/mol. The first kappa shape index (κ1) is 18.9. The molecule has 0 saturated heterocycles. The van der Waals surface area contributed by atoms with Gasteiger partial charge in [-0.05, 0) is 17.7 Å². The van der Waals surface area contributed by atoms with E-state index in [1.165, 1.54) is 23.1 Å². The van der Waals surface area contributed by atoms with Crippen molar-refractivity contribution in [2.24, 2.45) is 0 Å². The highest BCUT2D eigenvalue weighted by molar-refractivity contribution is 8.01. The Hall–Kier alpha value is -0.470. The predicted octanol–water partition coefficient (Wildman–Crippen LogP) is 5.22. The molecule has 2 rings (SSSR count). The summed E-state index contributed by atoms with van der Waals surface area (Å²) in [5.74, 6) is 0.764. The summed E-state index contributed by atoms with van der Waals surface area (Å²) in [5, 5.41) is 12.9. The number of nitrogens with zero attached hydrogens (tertiary/aromatic N) is 2. The van der Waals surface area contributed by atoms with Crippen LogP contribution >= 0.6 is 58.1 Å². The van der Waals surface area contributed by atoms with Crippen LogP contribution in [0.15, 0.2) is 22.5 Å². The van der Waals surface area contributed by atoms with Crippen molar-refractivity contribution in [3.63, 3.8) is 0 Å². The molecule has 0 atom stereocenters. The van der Waals surface area contributed by atoms with Crippen LogP contribution in [0.25, 0.3) is 0 Å². The summed E-state index contributed by atoms with van der Waals surface area (Å²) in [6, 6.07) is 5.38. The standard InChI is InChI=1S/C14H15Cl2N3OS3/c1-8(2)22-14-19-18-13(23-14)17-12(20)7-21-6-9-10(15)4-3-5-11(9)16/h3-5,8H,6-7H2,1-2H3,(H,17,18,20). The molecule has 0 unspecified atom stereocenters. The van der Waals surface area contributed by atoms with E-state index in [4.69, 9.17) is 23.2 Å². The molecule has 23 heavy (non-hydrogen) atoms. The fourth-order valence-electron chi connectivity index (χ4n) is 1.58. The summed E-state index contributed by atoms with van der Waals surface area (Å²) in [4.78, 5) is 11.9. The highest BCUT2D eigenvalue weighted by Gasteiger charge is 2.11. The third-order valence-corrected chi connectivity index (χ3v) is 6.12. The number of anilines is 1. The lowest BCUT2D eigenvalue weighted by atomic mass is 10.2. The van der Waals surface area contributed by atoms with E-state index >= 15 is 0 Å². The molecule has 0 aliphatic rings. The van der Waals surface area contributed by atoms with Crippen molar-refractivity contribution in [1.82, 2.24) is 10.2 Å². The van der Waals surface area contributed by atoms with Gasteiger partial charge in [0.05, 0.1) is 5.75 Å². The molecule has 0 spiro atoms. The first-order chi connectivity index (χ1) is 11.0. The van der Waals surface area contributed by atoms with Crippen LogP contribution < -0.4 is 5.32 Å². The van der Waals surface area contributed by atoms with Crippen LogP contribution in [-0.4, -0.2) is 27.1 Å². The molecule has 4 nitrogen and oxygen atoms in total. The van der Waals surface area contributed by atoms with Gasteiger partial charge in [0.2, 0.25) is 11.0 Å². The molecule has 0 bridgehead atoms. The third kappa shape index (κ3) is 6.15. The number of rotatable bonds is 7. The molecule has 1 heterocycles. The number of carbonyl (C=O) groups is 1. The van der Waals surface area contributed by atoms with Gasteiger partial charge >= 0.3 is 0 Å². The molecule has 0 aliphatic carbocycles. The van der Waals surface area contributed by atoms with Crippen molar-refractivity contribution in [3.8, 4) is 0 Å². The van der Waals surface area contributed by atoms with E-state index in [1.54, 1.807) is 30.0 Å². The average molecular weight is 408 g/mol. The van der Waals surface area contributed by atoms with Crippen molar-refractivity contribution in [2.45, 2.75) is 29.2 Å². The number of hydrogen-bond acceptors (Lipinski definition) is 6. The van der Waals surface area contributed by atoms with Crippen LogP contribution in [-0.2, 0) is 10.5 Å². The van der Waals surface area contributed by atoms with Gasteiger partial charge in [0.25, 0.3) is 0 Å². The molecular weight excluding hydrogens is 393 g/mol. The third-order valence-electron chi connectivity index (χ3n) is 2.53. The van der Waals surface area contributed by atoms with Gasteiger partial charge in [0, 0.05) is 21.0 Å². The zero-order chi connectivity index (χ0) is 16.8. The lowest BCUT2D eigenvalue weighted by Gasteiger charge is -2.06. The van der Waals surface area contributed by atoms with E-state index in [9.17, 15) is 4.79 Å². The van der Waals surface area contributed by atoms with Crippen LogP contribution in [0.4, 0.5) is 5.13 Å². The Morgan fingerprint density at radius 2 is 2.00 bits per heavy atom. The summed E-state index contributed by atoms with van der Waals surface area (Å²) >= 11 is 16.7. The van der Waals surface area contributed by atoms with Gasteiger partial charge in [-0.2, -0.15) is 0 Å². The minimum atomic E-state index is -0.115. The van der Waals surface area contributed by atoms with Crippen molar-refractivity contribution in [2.75, 3.05) is 11.1 Å². The minimum Gasteiger partial charge on any atom is -0.300 e. The van der Waals surface area contributed by atoms with E-state index in [-0.39, 0.29) is 5.91 Å². The smallest absolute Gasteiger partial charge is 0.236 e. The van der Waals surface area contributed by atoms with E-state index in [2.05, 4.69) is 29.4 Å². The molecule has 1 N–H and O–H groups in total. The highest BCUT2D eigenvalue weighted by atomic mass is 35.5. The molecule has 1 aromatic heterocycles. The maximum absolute atomic E-state index is 11.9. The van der Waals surface area contributed by atoms with Gasteiger partial charge in [0.1, 0.15) is 0 Å². The lowest BCUT2D eigenvalue weighted by molar-refractivity contribution is -0.113. The second-order valence-corrected chi connectivity index (χ2v) is 9.38. The van der Waals surface area contributed by atoms with Gasteiger partial charge in [-0.3, -0.25) is 10.1 Å². The van der Waals surface area contributed by atoms with Crippen LogP contribution in [0.1, 0.15) is 19.4 Å². The molecule has 1 amide bonds. The van der Waals surface area contributed by atoms with Crippen molar-refractivity contribution >= 4 is 69.1 Å². The summed E-state index contributed by atoms with van der Waals surface area (Å²) in [6.07, 6.45) is 0. The number of amides is 1. The number of nitrogens with one attached hydrogen (secondary N) is 1. The van der Waals surface area contributed by atoms with E-state index < -0.39 is 0 Å². The van der Waals surface area contributed by atoms with Gasteiger partial charge in [-0.15, -0.1) is 22.0 Å². The molecule has 0 aliphatic heterocycles. The number of halogens is 2. The molecule has 0 radical (unpaired) electrons. The Kier molecular flexibility index (Phi) is 7.49. The topological polar surface area (TPSA) is 54.9 Å². The second-order valence-electron chi connectivity index (χ2n) is 4.78. The van der Waals surface area contributed by atoms with Crippen molar-refractivity contribution in [1.29, 1.82) is 0 Å². The summed E-state index contributed by atoms with van der Waals surface area (Å²) in [6.45, 7) is 4.17. The molecular formula is C14H15Cl2N3OS3. The van der Waals surface area contributed by atoms with Gasteiger partial charge in [-0.1, -0.05) is 66.2 Å². The monoisotopic (exact) mass is 407 g/mol.